The van der Waals surface area contributed by atoms with E-state index in [0.717, 1.165) is 85.6 Å². The minimum Gasteiger partial charge on any atom is -1.00 e. The molecule has 6 aromatic rings. The van der Waals surface area contributed by atoms with Crippen LogP contribution in [0.4, 0.5) is 0 Å². The highest BCUT2D eigenvalue weighted by Gasteiger charge is 2.26. The molecule has 4 aromatic carbocycles. The molecule has 2 fully saturated rings. The fourth-order valence-electron chi connectivity index (χ4n) is 8.38. The number of benzene rings is 4. The maximum Gasteiger partial charge on any atom is 0.261 e. The summed E-state index contributed by atoms with van der Waals surface area (Å²) in [7, 11) is 3.51. The van der Waals surface area contributed by atoms with Gasteiger partial charge in [0.1, 0.15) is 0 Å². The second kappa shape index (κ2) is 22.3. The van der Waals surface area contributed by atoms with E-state index < -0.39 is 0 Å². The molecule has 0 aliphatic carbocycles. The van der Waals surface area contributed by atoms with Crippen molar-refractivity contribution in [1.82, 2.24) is 14.5 Å². The van der Waals surface area contributed by atoms with Crippen molar-refractivity contribution >= 4 is 28.1 Å². The lowest BCUT2D eigenvalue weighted by Crippen LogP contribution is -3.00. The van der Waals surface area contributed by atoms with Crippen LogP contribution in [0.5, 0.6) is 0 Å². The number of carbonyl (C=O) groups is 1. The first-order chi connectivity index (χ1) is 27.9. The minimum atomic E-state index is -0.251. The average Bonchev–Trinajstić information content (AvgIpc) is 3.27. The molecule has 2 aromatic heterocycles. The molecular weight excluding hydrogens is 748 g/mol. The Balaban J connectivity index is 0.000000180. The number of quaternary nitrogens is 1. The monoisotopic (exact) mass is 804 g/mol. The van der Waals surface area contributed by atoms with Gasteiger partial charge in [0.2, 0.25) is 0 Å². The molecule has 0 bridgehead atoms. The van der Waals surface area contributed by atoms with Gasteiger partial charge < -0.3 is 42.1 Å². The third kappa shape index (κ3) is 11.2. The highest BCUT2D eigenvalue weighted by molar-refractivity contribution is 5.86. The first-order valence-corrected chi connectivity index (χ1v) is 20.3. The molecule has 0 saturated carbocycles. The number of nitrogens with zero attached hydrogens (tertiary/aromatic N) is 2. The van der Waals surface area contributed by atoms with E-state index in [0.29, 0.717) is 30.6 Å². The second-order valence-corrected chi connectivity index (χ2v) is 15.1. The molecule has 58 heavy (non-hydrogen) atoms. The maximum absolute atomic E-state index is 12.7. The van der Waals surface area contributed by atoms with Gasteiger partial charge in [-0.15, -0.1) is 0 Å². The summed E-state index contributed by atoms with van der Waals surface area (Å²) >= 11 is 0. The molecular formula is C48H57ClN4O5. The lowest BCUT2D eigenvalue weighted by molar-refractivity contribution is -0.375. The smallest absolute Gasteiger partial charge is 0.261 e. The molecule has 9 nitrogen and oxygen atoms in total. The van der Waals surface area contributed by atoms with Crippen LogP contribution in [-0.4, -0.2) is 54.9 Å². The van der Waals surface area contributed by atoms with Crippen LogP contribution >= 0.6 is 0 Å². The van der Waals surface area contributed by atoms with E-state index in [9.17, 15) is 14.4 Å². The number of rotatable bonds is 10. The van der Waals surface area contributed by atoms with Gasteiger partial charge in [-0.1, -0.05) is 97.1 Å². The van der Waals surface area contributed by atoms with Crippen LogP contribution in [0.15, 0.2) is 131 Å². The van der Waals surface area contributed by atoms with Crippen molar-refractivity contribution in [2.45, 2.75) is 44.1 Å². The van der Waals surface area contributed by atoms with E-state index in [1.807, 2.05) is 55.6 Å². The van der Waals surface area contributed by atoms with E-state index in [2.05, 4.69) is 77.8 Å². The highest BCUT2D eigenvalue weighted by Crippen LogP contribution is 2.32. The Labute approximate surface area is 347 Å². The van der Waals surface area contributed by atoms with E-state index in [1.54, 1.807) is 17.7 Å². The van der Waals surface area contributed by atoms with Crippen molar-refractivity contribution in [3.05, 3.63) is 164 Å². The topological polar surface area (TPSA) is 119 Å². The van der Waals surface area contributed by atoms with Crippen molar-refractivity contribution in [2.24, 2.45) is 25.9 Å². The molecule has 2 saturated heterocycles. The van der Waals surface area contributed by atoms with Crippen LogP contribution in [0.25, 0.3) is 21.8 Å². The number of ether oxygens (including phenoxy) is 2. The van der Waals surface area contributed by atoms with Crippen molar-refractivity contribution < 1.29 is 32.4 Å². The van der Waals surface area contributed by atoms with Crippen LogP contribution in [0, 0.1) is 11.8 Å². The molecule has 2 atom stereocenters. The second-order valence-electron chi connectivity index (χ2n) is 15.1. The van der Waals surface area contributed by atoms with Gasteiger partial charge in [-0.2, -0.15) is 0 Å². The zero-order valence-electron chi connectivity index (χ0n) is 33.7. The Hall–Kier alpha value is -4.90. The van der Waals surface area contributed by atoms with Gasteiger partial charge in [0.25, 0.3) is 11.1 Å². The lowest BCUT2D eigenvalue weighted by atomic mass is 9.81. The number of aryl methyl sites for hydroxylation is 2. The molecule has 2 aliphatic heterocycles. The fraction of sp³-hybridized carbons (Fsp3) is 0.354. The predicted octanol–water partition coefficient (Wildman–Crippen LogP) is 3.63. The Bertz CT molecular complexity index is 2300. The summed E-state index contributed by atoms with van der Waals surface area (Å²) in [5.41, 5.74) is 9.56. The molecule has 0 radical (unpaired) electrons. The largest absolute Gasteiger partial charge is 1.00 e. The van der Waals surface area contributed by atoms with Gasteiger partial charge in [0.15, 0.2) is 6.29 Å². The molecule has 306 valence electrons. The van der Waals surface area contributed by atoms with Gasteiger partial charge in [0, 0.05) is 65.1 Å². The van der Waals surface area contributed by atoms with Gasteiger partial charge in [0.05, 0.1) is 23.1 Å². The van der Waals surface area contributed by atoms with Crippen molar-refractivity contribution in [2.75, 3.05) is 39.5 Å². The number of para-hydroxylation sites is 2. The fourth-order valence-corrected chi connectivity index (χ4v) is 8.38. The number of fused-ring (bicyclic) bond motifs is 2. The molecule has 2 aliphatic rings. The summed E-state index contributed by atoms with van der Waals surface area (Å²) < 4.78 is 14.2. The van der Waals surface area contributed by atoms with Crippen LogP contribution in [0.1, 0.15) is 64.6 Å². The molecule has 10 heteroatoms. The normalized spacial score (nSPS) is 15.6. The minimum absolute atomic E-state index is 0. The number of halogens is 1. The maximum atomic E-state index is 12.7. The van der Waals surface area contributed by atoms with Gasteiger partial charge in [-0.25, -0.2) is 0 Å². The van der Waals surface area contributed by atoms with Gasteiger partial charge >= 0.3 is 0 Å². The number of carbonyl (C=O) groups excluding carboxylic acids is 1. The number of hydrogen-bond acceptors (Lipinski definition) is 6. The Morgan fingerprint density at radius 3 is 1.62 bits per heavy atom. The Morgan fingerprint density at radius 2 is 1.10 bits per heavy atom. The van der Waals surface area contributed by atoms with Gasteiger partial charge in [-0.05, 0) is 89.6 Å². The summed E-state index contributed by atoms with van der Waals surface area (Å²) in [5.74, 6) is 2.44. The molecule has 0 amide bonds. The molecule has 4 N–H and O–H groups in total. The van der Waals surface area contributed by atoms with Crippen molar-refractivity contribution in [1.29, 1.82) is 0 Å². The summed E-state index contributed by atoms with van der Waals surface area (Å²) in [4.78, 5) is 34.9. The third-order valence-corrected chi connectivity index (χ3v) is 11.6. The number of pyridine rings is 2. The predicted molar refractivity (Wildman–Crippen MR) is 229 cm³/mol. The van der Waals surface area contributed by atoms with Crippen LogP contribution < -0.4 is 34.6 Å². The Kier molecular flexibility index (Phi) is 17.0. The molecule has 0 spiro atoms. The number of aromatic nitrogens is 2. The summed E-state index contributed by atoms with van der Waals surface area (Å²) in [5, 5.41) is 5.58. The standard InChI is InChI=1S/C24H28N2O2.C13H19NO.C11H9NO2.ClH/c1-26-23-10-6-5-9-20(23)15-21(24(26)27)16-25-17-22(18-7-3-2-4-8-18)19-11-13-28-14-12-19;14-10-13(11-4-2-1-3-5-11)12-6-8-15-9-7-12;1-12-10-5-3-2-4-8(10)6-9(7-13)11(12)14;/h2-10,15,19,22,25H,11-14,16-17H2,1H3;1-5,12-13H,6-10,14H2;2-7H,1H3;1H. The van der Waals surface area contributed by atoms with Crippen LogP contribution in [0.2, 0.25) is 0 Å². The van der Waals surface area contributed by atoms with Crippen LogP contribution in [0.3, 0.4) is 0 Å². The van der Waals surface area contributed by atoms with E-state index in [4.69, 9.17) is 9.47 Å². The molecule has 4 heterocycles. The zero-order valence-corrected chi connectivity index (χ0v) is 34.5. The quantitative estimate of drug-likeness (QED) is 0.205. The number of aldehydes is 1. The summed E-state index contributed by atoms with van der Waals surface area (Å²) in [6.45, 7) is 5.99. The van der Waals surface area contributed by atoms with Gasteiger partial charge in [-0.3, -0.25) is 14.4 Å². The van der Waals surface area contributed by atoms with Crippen molar-refractivity contribution in [3.63, 3.8) is 0 Å². The first-order valence-electron chi connectivity index (χ1n) is 20.3. The zero-order chi connectivity index (χ0) is 40.0. The molecule has 8 rings (SSSR count). The van der Waals surface area contributed by atoms with Crippen molar-refractivity contribution in [3.8, 4) is 0 Å². The average molecular weight is 805 g/mol. The highest BCUT2D eigenvalue weighted by atomic mass is 35.5. The van der Waals surface area contributed by atoms with E-state index >= 15 is 0 Å². The lowest BCUT2D eigenvalue weighted by Gasteiger charge is -2.31. The summed E-state index contributed by atoms with van der Waals surface area (Å²) in [6.07, 6.45) is 5.16. The van der Waals surface area contributed by atoms with E-state index in [1.165, 1.54) is 28.5 Å². The number of nitrogens with one attached hydrogen (secondary N) is 1. The summed E-state index contributed by atoms with van der Waals surface area (Å²) in [6, 6.07) is 40.7. The third-order valence-electron chi connectivity index (χ3n) is 11.6. The SMILES string of the molecule is Cn1c(=O)c(C=O)cc2ccccc21.Cn1c(=O)c(CNCC(c2ccccc2)C2CCOCC2)cc2ccccc21.[Cl-].[NH3+]CC(c1ccccc1)C1CCOCC1. The Morgan fingerprint density at radius 1 is 0.655 bits per heavy atom. The number of hydrogen-bond donors (Lipinski definition) is 2. The molecule has 2 unspecified atom stereocenters. The first kappa shape index (κ1) is 44.2. The van der Waals surface area contributed by atoms with Crippen LogP contribution in [-0.2, 0) is 30.1 Å². The van der Waals surface area contributed by atoms with E-state index in [-0.39, 0.29) is 29.1 Å².